The summed E-state index contributed by atoms with van der Waals surface area (Å²) < 4.78 is 19.5. The summed E-state index contributed by atoms with van der Waals surface area (Å²) in [6.07, 6.45) is 4.04. The lowest BCUT2D eigenvalue weighted by atomic mass is 10.0. The molecule has 0 spiro atoms. The summed E-state index contributed by atoms with van der Waals surface area (Å²) in [7, 11) is 0. The van der Waals surface area contributed by atoms with Crippen LogP contribution in [0.25, 0.3) is 11.4 Å². The molecule has 2 aromatic heterocycles. The number of fused-ring (bicyclic) bond motifs is 1. The van der Waals surface area contributed by atoms with Gasteiger partial charge in [0.1, 0.15) is 24.0 Å². The highest BCUT2D eigenvalue weighted by Crippen LogP contribution is 2.21. The highest BCUT2D eigenvalue weighted by Gasteiger charge is 2.21. The summed E-state index contributed by atoms with van der Waals surface area (Å²) >= 11 is 0. The maximum Gasteiger partial charge on any atom is 0.254 e. The smallest absolute Gasteiger partial charge is 0.254 e. The highest BCUT2D eigenvalue weighted by molar-refractivity contribution is 5.54. The van der Waals surface area contributed by atoms with Crippen LogP contribution in [0.2, 0.25) is 0 Å². The standard InChI is InChI=1S/C26H23FN4O2/c27-23-4-2-1-3-20(23)17-33-21-7-5-18(6-8-21)15-31-14-11-22-24(16-31)29-25(30-26(22)32)19-9-12-28-13-10-19/h1-10,12-13H,11,14-17H2,(H,29,30,32). The van der Waals surface area contributed by atoms with Crippen molar-refractivity contribution in [2.24, 2.45) is 0 Å². The minimum atomic E-state index is -0.265. The van der Waals surface area contributed by atoms with Crippen molar-refractivity contribution in [3.63, 3.8) is 0 Å². The average molecular weight is 442 g/mol. The van der Waals surface area contributed by atoms with E-state index >= 15 is 0 Å². The van der Waals surface area contributed by atoms with E-state index in [1.807, 2.05) is 36.4 Å². The van der Waals surface area contributed by atoms with Crippen LogP contribution in [0.4, 0.5) is 4.39 Å². The van der Waals surface area contributed by atoms with Crippen molar-refractivity contribution >= 4 is 0 Å². The number of nitrogens with one attached hydrogen (secondary N) is 1. The number of pyridine rings is 1. The maximum atomic E-state index is 13.8. The molecular formula is C26H23FN4O2. The van der Waals surface area contributed by atoms with Crippen molar-refractivity contribution in [2.75, 3.05) is 6.54 Å². The maximum absolute atomic E-state index is 13.8. The predicted octanol–water partition coefficient (Wildman–Crippen LogP) is 4.11. The molecule has 3 heterocycles. The van der Waals surface area contributed by atoms with E-state index in [2.05, 4.69) is 14.9 Å². The van der Waals surface area contributed by atoms with Crippen LogP contribution in [0.1, 0.15) is 22.4 Å². The zero-order valence-corrected chi connectivity index (χ0v) is 18.0. The van der Waals surface area contributed by atoms with Crippen LogP contribution in [0.3, 0.4) is 0 Å². The van der Waals surface area contributed by atoms with Gasteiger partial charge in [0.05, 0.1) is 5.69 Å². The van der Waals surface area contributed by atoms with Crippen LogP contribution >= 0.6 is 0 Å². The Balaban J connectivity index is 1.25. The average Bonchev–Trinajstić information content (AvgIpc) is 2.85. The zero-order chi connectivity index (χ0) is 22.6. The van der Waals surface area contributed by atoms with E-state index in [0.717, 1.165) is 35.5 Å². The summed E-state index contributed by atoms with van der Waals surface area (Å²) in [6.45, 7) is 2.34. The Hall–Kier alpha value is -3.84. The van der Waals surface area contributed by atoms with Crippen LogP contribution in [0.15, 0.2) is 77.9 Å². The molecule has 0 bridgehead atoms. The first-order valence-corrected chi connectivity index (χ1v) is 10.9. The van der Waals surface area contributed by atoms with E-state index < -0.39 is 0 Å². The second-order valence-electron chi connectivity index (χ2n) is 8.06. The minimum absolute atomic E-state index is 0.0668. The van der Waals surface area contributed by atoms with E-state index in [4.69, 9.17) is 9.72 Å². The molecule has 7 heteroatoms. The monoisotopic (exact) mass is 442 g/mol. The molecule has 1 aliphatic heterocycles. The summed E-state index contributed by atoms with van der Waals surface area (Å²) in [5, 5.41) is 0. The first-order chi connectivity index (χ1) is 16.2. The minimum Gasteiger partial charge on any atom is -0.489 e. The van der Waals surface area contributed by atoms with Crippen molar-refractivity contribution in [2.45, 2.75) is 26.1 Å². The fourth-order valence-corrected chi connectivity index (χ4v) is 4.00. The van der Waals surface area contributed by atoms with Gasteiger partial charge in [0.25, 0.3) is 5.56 Å². The van der Waals surface area contributed by atoms with Gasteiger partial charge in [0.15, 0.2) is 0 Å². The van der Waals surface area contributed by atoms with Gasteiger partial charge in [-0.1, -0.05) is 30.3 Å². The van der Waals surface area contributed by atoms with E-state index in [0.29, 0.717) is 30.1 Å². The van der Waals surface area contributed by atoms with Gasteiger partial charge in [0, 0.05) is 48.7 Å². The number of aromatic nitrogens is 3. The van der Waals surface area contributed by atoms with Gasteiger partial charge in [-0.15, -0.1) is 0 Å². The number of halogens is 1. The van der Waals surface area contributed by atoms with E-state index in [1.165, 1.54) is 6.07 Å². The predicted molar refractivity (Wildman–Crippen MR) is 123 cm³/mol. The molecule has 0 saturated carbocycles. The summed E-state index contributed by atoms with van der Waals surface area (Å²) in [5.41, 5.74) is 4.02. The molecule has 0 unspecified atom stereocenters. The van der Waals surface area contributed by atoms with Crippen molar-refractivity contribution in [3.05, 3.63) is 112 Å². The third-order valence-corrected chi connectivity index (χ3v) is 5.79. The molecule has 2 aromatic carbocycles. The molecule has 33 heavy (non-hydrogen) atoms. The molecule has 1 N–H and O–H groups in total. The van der Waals surface area contributed by atoms with Crippen LogP contribution in [0, 0.1) is 5.82 Å². The molecule has 5 rings (SSSR count). The second-order valence-corrected chi connectivity index (χ2v) is 8.06. The van der Waals surface area contributed by atoms with E-state index in [-0.39, 0.29) is 18.0 Å². The number of hydrogen-bond donors (Lipinski definition) is 1. The molecule has 0 atom stereocenters. The lowest BCUT2D eigenvalue weighted by Gasteiger charge is -2.27. The Morgan fingerprint density at radius 1 is 1.03 bits per heavy atom. The fourth-order valence-electron chi connectivity index (χ4n) is 4.00. The van der Waals surface area contributed by atoms with Gasteiger partial charge in [-0.3, -0.25) is 14.7 Å². The number of H-pyrrole nitrogens is 1. The van der Waals surface area contributed by atoms with Crippen molar-refractivity contribution < 1.29 is 9.13 Å². The SMILES string of the molecule is O=c1[nH]c(-c2ccncc2)nc2c1CCN(Cc1ccc(OCc3ccccc3F)cc1)C2. The third-order valence-electron chi connectivity index (χ3n) is 5.79. The molecule has 0 fully saturated rings. The Labute approximate surface area is 190 Å². The Morgan fingerprint density at radius 2 is 1.82 bits per heavy atom. The molecule has 0 aliphatic carbocycles. The number of benzene rings is 2. The van der Waals surface area contributed by atoms with Gasteiger partial charge in [-0.2, -0.15) is 0 Å². The van der Waals surface area contributed by atoms with Crippen molar-refractivity contribution in [1.29, 1.82) is 0 Å². The fraction of sp³-hybridized carbons (Fsp3) is 0.192. The number of ether oxygens (including phenoxy) is 1. The zero-order valence-electron chi connectivity index (χ0n) is 18.0. The molecule has 166 valence electrons. The van der Waals surface area contributed by atoms with Crippen LogP contribution < -0.4 is 10.3 Å². The van der Waals surface area contributed by atoms with Gasteiger partial charge in [0.2, 0.25) is 0 Å². The summed E-state index contributed by atoms with van der Waals surface area (Å²) in [4.78, 5) is 26.5. The molecule has 1 aliphatic rings. The van der Waals surface area contributed by atoms with Gasteiger partial charge < -0.3 is 9.72 Å². The lowest BCUT2D eigenvalue weighted by Crippen LogP contribution is -2.35. The van der Waals surface area contributed by atoms with Gasteiger partial charge in [-0.05, 0) is 42.3 Å². The number of aromatic amines is 1. The van der Waals surface area contributed by atoms with Crippen molar-refractivity contribution in [1.82, 2.24) is 19.9 Å². The van der Waals surface area contributed by atoms with Crippen molar-refractivity contribution in [3.8, 4) is 17.1 Å². The van der Waals surface area contributed by atoms with Crippen LogP contribution in [-0.2, 0) is 26.1 Å². The van der Waals surface area contributed by atoms with Crippen LogP contribution in [0.5, 0.6) is 5.75 Å². The Bertz CT molecular complexity index is 1310. The van der Waals surface area contributed by atoms with E-state index in [1.54, 1.807) is 30.6 Å². The largest absolute Gasteiger partial charge is 0.489 e. The highest BCUT2D eigenvalue weighted by atomic mass is 19.1. The lowest BCUT2D eigenvalue weighted by molar-refractivity contribution is 0.240. The molecule has 0 radical (unpaired) electrons. The first kappa shape index (κ1) is 21.0. The molecule has 6 nitrogen and oxygen atoms in total. The summed E-state index contributed by atoms with van der Waals surface area (Å²) in [5.74, 6) is 1.000. The Morgan fingerprint density at radius 3 is 2.61 bits per heavy atom. The number of rotatable bonds is 6. The molecule has 0 saturated heterocycles. The second kappa shape index (κ2) is 9.34. The first-order valence-electron chi connectivity index (χ1n) is 10.9. The quantitative estimate of drug-likeness (QED) is 0.487. The third kappa shape index (κ3) is 4.83. The molecule has 0 amide bonds. The topological polar surface area (TPSA) is 71.1 Å². The van der Waals surface area contributed by atoms with E-state index in [9.17, 15) is 9.18 Å². The van der Waals surface area contributed by atoms with Crippen LogP contribution in [-0.4, -0.2) is 26.4 Å². The number of hydrogen-bond acceptors (Lipinski definition) is 5. The van der Waals surface area contributed by atoms with Gasteiger partial charge in [-0.25, -0.2) is 9.37 Å². The Kier molecular flexibility index (Phi) is 5.95. The molecular weight excluding hydrogens is 419 g/mol. The summed E-state index contributed by atoms with van der Waals surface area (Å²) in [6, 6.07) is 18.1. The normalized spacial score (nSPS) is 13.5. The number of nitrogens with zero attached hydrogens (tertiary/aromatic N) is 3. The molecule has 4 aromatic rings. The van der Waals surface area contributed by atoms with Gasteiger partial charge >= 0.3 is 0 Å².